The Kier molecular flexibility index (Phi) is 5.90. The molecular weight excluding hydrogens is 414 g/mol. The number of allylic oxidation sites excluding steroid dienone is 1. The van der Waals surface area contributed by atoms with Crippen LogP contribution >= 0.6 is 11.6 Å². The first kappa shape index (κ1) is 21.2. The number of ether oxygens (including phenoxy) is 1. The monoisotopic (exact) mass is 434 g/mol. The predicted molar refractivity (Wildman–Crippen MR) is 114 cm³/mol. The highest BCUT2D eigenvalue weighted by molar-refractivity contribution is 7.89. The minimum absolute atomic E-state index is 0.0600. The van der Waals surface area contributed by atoms with Crippen molar-refractivity contribution in [2.24, 2.45) is 16.2 Å². The molecule has 0 spiro atoms. The van der Waals surface area contributed by atoms with Gasteiger partial charge >= 0.3 is 6.09 Å². The molecule has 152 valence electrons. The van der Waals surface area contributed by atoms with E-state index in [-0.39, 0.29) is 17.4 Å². The largest absolute Gasteiger partial charge is 0.554 e. The lowest BCUT2D eigenvalue weighted by Crippen LogP contribution is -2.47. The topological polar surface area (TPSA) is 98.8 Å². The van der Waals surface area contributed by atoms with Crippen LogP contribution in [-0.2, 0) is 14.8 Å². The molecule has 2 aromatic carbocycles. The number of hydrogen-bond acceptors (Lipinski definition) is 5. The molecule has 0 saturated carbocycles. The number of halogens is 1. The van der Waals surface area contributed by atoms with E-state index in [0.29, 0.717) is 16.4 Å². The van der Waals surface area contributed by atoms with Gasteiger partial charge in [0, 0.05) is 28.8 Å². The highest BCUT2D eigenvalue weighted by atomic mass is 35.5. The highest BCUT2D eigenvalue weighted by Gasteiger charge is 2.49. The smallest absolute Gasteiger partial charge is 0.417 e. The summed E-state index contributed by atoms with van der Waals surface area (Å²) in [5.74, 6) is 0.137. The van der Waals surface area contributed by atoms with Gasteiger partial charge in [-0.05, 0) is 46.9 Å². The summed E-state index contributed by atoms with van der Waals surface area (Å²) in [5, 5.41) is 10.2. The van der Waals surface area contributed by atoms with Gasteiger partial charge in [-0.25, -0.2) is 13.6 Å². The molecule has 0 aromatic heterocycles. The number of hydrogen-bond donors (Lipinski definition) is 1. The van der Waals surface area contributed by atoms with Gasteiger partial charge < -0.3 is 4.74 Å². The molecule has 1 atom stereocenters. The molecule has 7 nitrogen and oxygen atoms in total. The zero-order valence-electron chi connectivity index (χ0n) is 15.9. The fourth-order valence-electron chi connectivity index (χ4n) is 2.92. The summed E-state index contributed by atoms with van der Waals surface area (Å²) in [6, 6.07) is 12.7. The summed E-state index contributed by atoms with van der Waals surface area (Å²) >= 11 is 6.00. The number of sulfonamides is 1. The van der Waals surface area contributed by atoms with Crippen molar-refractivity contribution in [1.82, 2.24) is 4.59 Å². The fourth-order valence-corrected chi connectivity index (χ4v) is 3.56. The standard InChI is InChI=1S/C20H21ClN3O4S/c1-14(2)13-28-20(25)24(17-7-9-18(10-8-17)29(22,26)27)19(11-12-23-24)15-3-5-16(21)6-4-15/h3-12,14H,13H2,1-2H3,(H2,22,26,27)/q+1. The van der Waals surface area contributed by atoms with Gasteiger partial charge in [0.25, 0.3) is 0 Å². The summed E-state index contributed by atoms with van der Waals surface area (Å²) in [6.07, 6.45) is 2.64. The third kappa shape index (κ3) is 4.25. The van der Waals surface area contributed by atoms with E-state index in [4.69, 9.17) is 21.5 Å². The molecule has 29 heavy (non-hydrogen) atoms. The summed E-state index contributed by atoms with van der Waals surface area (Å²) in [6.45, 7) is 4.08. The summed E-state index contributed by atoms with van der Waals surface area (Å²) < 4.78 is 28.1. The second kappa shape index (κ2) is 8.08. The minimum atomic E-state index is -3.87. The molecule has 9 heteroatoms. The van der Waals surface area contributed by atoms with E-state index in [1.165, 1.54) is 30.5 Å². The molecular formula is C20H21ClN3O4S+. The maximum atomic E-state index is 13.2. The number of carbonyl (C=O) groups is 1. The maximum absolute atomic E-state index is 13.2. The van der Waals surface area contributed by atoms with Gasteiger partial charge in [-0.15, -0.1) is 0 Å². The Labute approximate surface area is 174 Å². The van der Waals surface area contributed by atoms with E-state index < -0.39 is 20.7 Å². The van der Waals surface area contributed by atoms with Crippen LogP contribution in [0.5, 0.6) is 0 Å². The molecule has 0 radical (unpaired) electrons. The quantitative estimate of drug-likeness (QED) is 0.715. The zero-order chi connectivity index (χ0) is 21.2. The minimum Gasteiger partial charge on any atom is -0.417 e. The van der Waals surface area contributed by atoms with Crippen molar-refractivity contribution in [3.63, 3.8) is 0 Å². The van der Waals surface area contributed by atoms with Crippen LogP contribution in [0.1, 0.15) is 19.4 Å². The van der Waals surface area contributed by atoms with Crippen LogP contribution in [0.3, 0.4) is 0 Å². The highest BCUT2D eigenvalue weighted by Crippen LogP contribution is 2.39. The Hall–Kier alpha value is -2.52. The van der Waals surface area contributed by atoms with Gasteiger partial charge in [0.1, 0.15) is 0 Å². The number of nitrogens with two attached hydrogens (primary N) is 1. The maximum Gasteiger partial charge on any atom is 0.554 e. The van der Waals surface area contributed by atoms with E-state index >= 15 is 0 Å². The summed E-state index contributed by atoms with van der Waals surface area (Å²) in [5.41, 5.74) is 1.70. The first-order valence-electron chi connectivity index (χ1n) is 8.87. The number of rotatable bonds is 5. The first-order valence-corrected chi connectivity index (χ1v) is 10.8. The van der Waals surface area contributed by atoms with Gasteiger partial charge in [-0.3, -0.25) is 0 Å². The van der Waals surface area contributed by atoms with E-state index in [1.54, 1.807) is 30.3 Å². The zero-order valence-corrected chi connectivity index (χ0v) is 17.5. The molecule has 1 heterocycles. The number of carbonyl (C=O) groups excluding carboxylic acids is 1. The van der Waals surface area contributed by atoms with E-state index in [2.05, 4.69) is 5.10 Å². The molecule has 1 aliphatic rings. The molecule has 0 fully saturated rings. The van der Waals surface area contributed by atoms with Crippen LogP contribution in [0.15, 0.2) is 64.6 Å². The number of quaternary nitrogens is 1. The van der Waals surface area contributed by atoms with E-state index in [9.17, 15) is 13.2 Å². The van der Waals surface area contributed by atoms with Crippen LogP contribution < -0.4 is 9.73 Å². The Morgan fingerprint density at radius 3 is 2.31 bits per heavy atom. The van der Waals surface area contributed by atoms with Crippen LogP contribution in [0.4, 0.5) is 10.5 Å². The molecule has 1 unspecified atom stereocenters. The van der Waals surface area contributed by atoms with Crippen LogP contribution in [0, 0.1) is 5.92 Å². The van der Waals surface area contributed by atoms with Gasteiger partial charge in [0.2, 0.25) is 10.0 Å². The molecule has 3 rings (SSSR count). The summed E-state index contributed by atoms with van der Waals surface area (Å²) in [4.78, 5) is 13.2. The fraction of sp³-hybridized carbons (Fsp3) is 0.200. The molecule has 2 N–H and O–H groups in total. The number of amides is 1. The Morgan fingerprint density at radius 2 is 1.76 bits per heavy atom. The van der Waals surface area contributed by atoms with Crippen molar-refractivity contribution < 1.29 is 17.9 Å². The second-order valence-electron chi connectivity index (χ2n) is 6.97. The van der Waals surface area contributed by atoms with Crippen molar-refractivity contribution >= 4 is 45.3 Å². The lowest BCUT2D eigenvalue weighted by Gasteiger charge is -2.27. The molecule has 0 bridgehead atoms. The van der Waals surface area contributed by atoms with Crippen LogP contribution in [0.2, 0.25) is 5.02 Å². The summed E-state index contributed by atoms with van der Waals surface area (Å²) in [7, 11) is -3.87. The Balaban J connectivity index is 2.12. The van der Waals surface area contributed by atoms with Gasteiger partial charge in [-0.2, -0.15) is 4.79 Å². The normalized spacial score (nSPS) is 18.7. The Bertz CT molecular complexity index is 1080. The third-order valence-corrected chi connectivity index (χ3v) is 5.49. The average Bonchev–Trinajstić information content (AvgIpc) is 3.12. The van der Waals surface area contributed by atoms with Gasteiger partial charge in [0.15, 0.2) is 11.4 Å². The second-order valence-corrected chi connectivity index (χ2v) is 8.97. The SMILES string of the molecule is CC(C)COC(=O)[N+]1(c2ccc(S(N)(=O)=O)cc2)N=CC=C1c1ccc(Cl)cc1. The van der Waals surface area contributed by atoms with E-state index in [1.807, 2.05) is 13.8 Å². The molecule has 0 aliphatic carbocycles. The van der Waals surface area contributed by atoms with Crippen LogP contribution in [0.25, 0.3) is 5.70 Å². The van der Waals surface area contributed by atoms with Gasteiger partial charge in [0.05, 0.1) is 17.7 Å². The van der Waals surface area contributed by atoms with Crippen molar-refractivity contribution in [2.75, 3.05) is 6.61 Å². The molecule has 2 aromatic rings. The molecule has 1 aliphatic heterocycles. The first-order chi connectivity index (χ1) is 13.6. The van der Waals surface area contributed by atoms with Gasteiger partial charge in [-0.1, -0.05) is 30.5 Å². The van der Waals surface area contributed by atoms with Crippen molar-refractivity contribution in [2.45, 2.75) is 18.7 Å². The molecule has 0 saturated heterocycles. The Morgan fingerprint density at radius 1 is 1.14 bits per heavy atom. The van der Waals surface area contributed by atoms with Crippen LogP contribution in [-0.4, -0.2) is 27.3 Å². The lowest BCUT2D eigenvalue weighted by atomic mass is 10.1. The number of primary sulfonamides is 1. The lowest BCUT2D eigenvalue weighted by molar-refractivity contribution is 0.110. The molecule has 1 amide bonds. The van der Waals surface area contributed by atoms with E-state index in [0.717, 1.165) is 5.56 Å². The number of nitrogens with zero attached hydrogens (tertiary/aromatic N) is 2. The van der Waals surface area contributed by atoms with Crippen molar-refractivity contribution in [1.29, 1.82) is 0 Å². The number of benzene rings is 2. The average molecular weight is 435 g/mol. The van der Waals surface area contributed by atoms with Crippen molar-refractivity contribution in [3.8, 4) is 0 Å². The van der Waals surface area contributed by atoms with Crippen molar-refractivity contribution in [3.05, 3.63) is 65.2 Å². The predicted octanol–water partition coefficient (Wildman–Crippen LogP) is 4.13. The third-order valence-electron chi connectivity index (χ3n) is 4.30.